The van der Waals surface area contributed by atoms with Gasteiger partial charge in [-0.3, -0.25) is 4.18 Å². The van der Waals surface area contributed by atoms with Crippen molar-refractivity contribution in [1.82, 2.24) is 0 Å². The maximum Gasteiger partial charge on any atom is 0.523 e. The Morgan fingerprint density at radius 1 is 1.12 bits per heavy atom. The highest BCUT2D eigenvalue weighted by molar-refractivity contribution is 7.87. The van der Waals surface area contributed by atoms with Crippen molar-refractivity contribution in [3.05, 3.63) is 35.9 Å². The number of hydrogen-bond acceptors (Lipinski definition) is 3. The fourth-order valence-electron chi connectivity index (χ4n) is 0.787. The van der Waals surface area contributed by atoms with Crippen LogP contribution in [0, 0.1) is 0 Å². The summed E-state index contributed by atoms with van der Waals surface area (Å²) in [6.45, 7) is -0.622. The van der Waals surface area contributed by atoms with Crippen LogP contribution in [0.2, 0.25) is 0 Å². The highest BCUT2D eigenvalue weighted by Crippen LogP contribution is 2.25. The van der Waals surface area contributed by atoms with E-state index in [1.807, 2.05) is 0 Å². The normalized spacial score (nSPS) is 11.9. The van der Waals surface area contributed by atoms with Crippen LogP contribution in [-0.4, -0.2) is 13.9 Å². The van der Waals surface area contributed by atoms with E-state index in [-0.39, 0.29) is 13.5 Å². The molecular formula is C8H9F3O3S2. The zero-order valence-corrected chi connectivity index (χ0v) is 9.68. The van der Waals surface area contributed by atoms with Gasteiger partial charge in [0.2, 0.25) is 0 Å². The number of halogens is 3. The zero-order valence-electron chi connectivity index (χ0n) is 7.86. The topological polar surface area (TPSA) is 43.4 Å². The van der Waals surface area contributed by atoms with E-state index in [0.717, 1.165) is 0 Å². The van der Waals surface area contributed by atoms with Gasteiger partial charge in [0.25, 0.3) is 0 Å². The summed E-state index contributed by atoms with van der Waals surface area (Å²) in [6, 6.07) is 7.72. The van der Waals surface area contributed by atoms with E-state index in [9.17, 15) is 21.6 Å². The predicted octanol–water partition coefficient (Wildman–Crippen LogP) is 2.17. The van der Waals surface area contributed by atoms with Crippen LogP contribution in [-0.2, 0) is 20.9 Å². The molecule has 0 saturated carbocycles. The van der Waals surface area contributed by atoms with Gasteiger partial charge in [0.15, 0.2) is 0 Å². The molecule has 16 heavy (non-hydrogen) atoms. The van der Waals surface area contributed by atoms with Crippen LogP contribution in [0.3, 0.4) is 0 Å². The van der Waals surface area contributed by atoms with Crippen molar-refractivity contribution in [3.63, 3.8) is 0 Å². The molecule has 0 atom stereocenters. The molecule has 0 heterocycles. The maximum absolute atomic E-state index is 11.8. The van der Waals surface area contributed by atoms with Gasteiger partial charge in [0.1, 0.15) is 0 Å². The van der Waals surface area contributed by atoms with E-state index in [0.29, 0.717) is 5.56 Å². The van der Waals surface area contributed by atoms with Crippen LogP contribution in [0.25, 0.3) is 0 Å². The van der Waals surface area contributed by atoms with E-state index in [2.05, 4.69) is 4.18 Å². The second-order valence-corrected chi connectivity index (χ2v) is 4.25. The van der Waals surface area contributed by atoms with Gasteiger partial charge in [-0.1, -0.05) is 30.3 Å². The Morgan fingerprint density at radius 3 is 2.06 bits per heavy atom. The minimum Gasteiger partial charge on any atom is -0.258 e. The van der Waals surface area contributed by atoms with Crippen LogP contribution in [0.5, 0.6) is 0 Å². The molecule has 8 heteroatoms. The molecule has 0 fully saturated rings. The quantitative estimate of drug-likeness (QED) is 0.626. The summed E-state index contributed by atoms with van der Waals surface area (Å²) < 4.78 is 60.3. The summed E-state index contributed by atoms with van der Waals surface area (Å²) in [7, 11) is -5.50. The molecular weight excluding hydrogens is 265 g/mol. The molecule has 1 aromatic rings. The lowest BCUT2D eigenvalue weighted by molar-refractivity contribution is -0.0547. The standard InChI is InChI=1S/C8H7F3O3S.H2S/c9-8(10,11)15(12,13)14-6-7-4-2-1-3-5-7;/h1-5H,6H2;1H2. The Kier molecular flexibility index (Phi) is 5.30. The molecule has 0 amide bonds. The van der Waals surface area contributed by atoms with Crippen molar-refractivity contribution < 1.29 is 25.8 Å². The Bertz CT molecular complexity index is 414. The van der Waals surface area contributed by atoms with E-state index in [1.54, 1.807) is 18.2 Å². The Labute approximate surface area is 97.8 Å². The smallest absolute Gasteiger partial charge is 0.258 e. The van der Waals surface area contributed by atoms with Gasteiger partial charge in [-0.05, 0) is 5.56 Å². The molecule has 92 valence electrons. The average Bonchev–Trinajstić information content (AvgIpc) is 2.15. The van der Waals surface area contributed by atoms with Crippen LogP contribution in [0.1, 0.15) is 5.56 Å². The number of rotatable bonds is 3. The lowest BCUT2D eigenvalue weighted by Gasteiger charge is -2.07. The Balaban J connectivity index is 0.00000225. The minimum atomic E-state index is -5.50. The third-order valence-electron chi connectivity index (χ3n) is 1.51. The first kappa shape index (κ1) is 15.3. The largest absolute Gasteiger partial charge is 0.523 e. The van der Waals surface area contributed by atoms with Gasteiger partial charge < -0.3 is 0 Å². The SMILES string of the molecule is O=S(=O)(OCc1ccccc1)C(F)(F)F.S. The molecule has 3 nitrogen and oxygen atoms in total. The van der Waals surface area contributed by atoms with Gasteiger partial charge >= 0.3 is 15.6 Å². The molecule has 0 radical (unpaired) electrons. The second-order valence-electron chi connectivity index (χ2n) is 2.65. The van der Waals surface area contributed by atoms with Gasteiger partial charge in [-0.2, -0.15) is 35.1 Å². The average molecular weight is 274 g/mol. The van der Waals surface area contributed by atoms with E-state index >= 15 is 0 Å². The fourth-order valence-corrected chi connectivity index (χ4v) is 1.21. The summed E-state index contributed by atoms with van der Waals surface area (Å²) >= 11 is 0. The first-order chi connectivity index (χ1) is 6.83. The molecule has 1 rings (SSSR count). The third-order valence-corrected chi connectivity index (χ3v) is 2.50. The molecule has 0 bridgehead atoms. The van der Waals surface area contributed by atoms with Crippen molar-refractivity contribution >= 4 is 23.6 Å². The Hall–Kier alpha value is -0.730. The molecule has 0 aliphatic carbocycles. The van der Waals surface area contributed by atoms with E-state index < -0.39 is 22.2 Å². The minimum absolute atomic E-state index is 0. The number of alkyl halides is 3. The van der Waals surface area contributed by atoms with E-state index in [4.69, 9.17) is 0 Å². The van der Waals surface area contributed by atoms with Crippen LogP contribution in [0.15, 0.2) is 30.3 Å². The molecule has 0 unspecified atom stereocenters. The summed E-state index contributed by atoms with van der Waals surface area (Å²) in [6.07, 6.45) is 0. The Morgan fingerprint density at radius 2 is 1.62 bits per heavy atom. The summed E-state index contributed by atoms with van der Waals surface area (Å²) in [5.41, 5.74) is -5.02. The summed E-state index contributed by atoms with van der Waals surface area (Å²) in [5, 5.41) is 0. The van der Waals surface area contributed by atoms with Crippen molar-refractivity contribution in [2.45, 2.75) is 12.1 Å². The van der Waals surface area contributed by atoms with Crippen LogP contribution >= 0.6 is 13.5 Å². The lowest BCUT2D eigenvalue weighted by Crippen LogP contribution is -2.25. The molecule has 0 aliphatic rings. The summed E-state index contributed by atoms with van der Waals surface area (Å²) in [5.74, 6) is 0. The van der Waals surface area contributed by atoms with Crippen molar-refractivity contribution in [2.75, 3.05) is 0 Å². The molecule has 0 aliphatic heterocycles. The summed E-state index contributed by atoms with van der Waals surface area (Å²) in [4.78, 5) is 0. The highest BCUT2D eigenvalue weighted by Gasteiger charge is 2.47. The van der Waals surface area contributed by atoms with Gasteiger partial charge in [-0.25, -0.2) is 0 Å². The van der Waals surface area contributed by atoms with Gasteiger partial charge in [-0.15, -0.1) is 0 Å². The van der Waals surface area contributed by atoms with Crippen molar-refractivity contribution in [1.29, 1.82) is 0 Å². The van der Waals surface area contributed by atoms with E-state index in [1.165, 1.54) is 12.1 Å². The van der Waals surface area contributed by atoms with Gasteiger partial charge in [0.05, 0.1) is 6.61 Å². The first-order valence-corrected chi connectivity index (χ1v) is 5.23. The van der Waals surface area contributed by atoms with Crippen LogP contribution in [0.4, 0.5) is 13.2 Å². The first-order valence-electron chi connectivity index (χ1n) is 3.82. The third kappa shape index (κ3) is 4.03. The van der Waals surface area contributed by atoms with Gasteiger partial charge in [0, 0.05) is 0 Å². The monoisotopic (exact) mass is 274 g/mol. The second kappa shape index (κ2) is 5.55. The predicted molar refractivity (Wildman–Crippen MR) is 56.6 cm³/mol. The lowest BCUT2D eigenvalue weighted by atomic mass is 10.2. The molecule has 0 spiro atoms. The fraction of sp³-hybridized carbons (Fsp3) is 0.250. The molecule has 0 aromatic heterocycles. The highest BCUT2D eigenvalue weighted by atomic mass is 32.2. The molecule has 1 aromatic carbocycles. The molecule has 0 saturated heterocycles. The van der Waals surface area contributed by atoms with Crippen LogP contribution < -0.4 is 0 Å². The van der Waals surface area contributed by atoms with Crippen molar-refractivity contribution in [2.24, 2.45) is 0 Å². The number of benzene rings is 1. The zero-order chi connectivity index (χ0) is 11.5. The molecule has 0 N–H and O–H groups in total. The maximum atomic E-state index is 11.8. The number of hydrogen-bond donors (Lipinski definition) is 0. The van der Waals surface area contributed by atoms with Crippen molar-refractivity contribution in [3.8, 4) is 0 Å².